The molecule has 0 aliphatic heterocycles. The quantitative estimate of drug-likeness (QED) is 0.743. The van der Waals surface area contributed by atoms with Crippen LogP contribution in [0.3, 0.4) is 0 Å². The molecule has 130 valence electrons. The molecule has 8 heteroatoms. The van der Waals surface area contributed by atoms with E-state index in [1.165, 1.54) is 17.4 Å². The number of carbonyl (C=O) groups is 1. The summed E-state index contributed by atoms with van der Waals surface area (Å²) < 4.78 is 31.6. The van der Waals surface area contributed by atoms with Crippen molar-refractivity contribution in [2.75, 3.05) is 20.2 Å². The van der Waals surface area contributed by atoms with Crippen LogP contribution in [0.15, 0.2) is 40.6 Å². The van der Waals surface area contributed by atoms with E-state index >= 15 is 0 Å². The molecule has 0 unspecified atom stereocenters. The van der Waals surface area contributed by atoms with Crippen molar-refractivity contribution in [2.45, 2.75) is 17.6 Å². The van der Waals surface area contributed by atoms with Gasteiger partial charge < -0.3 is 10.1 Å². The van der Waals surface area contributed by atoms with Gasteiger partial charge in [-0.15, -0.1) is 11.3 Å². The second kappa shape index (κ2) is 8.27. The Balaban J connectivity index is 1.75. The molecule has 0 fully saturated rings. The van der Waals surface area contributed by atoms with E-state index in [1.54, 1.807) is 13.2 Å². The minimum atomic E-state index is -3.63. The molecular weight excluding hydrogens is 348 g/mol. The topological polar surface area (TPSA) is 84.5 Å². The molecule has 1 amide bonds. The zero-order chi connectivity index (χ0) is 17.6. The van der Waals surface area contributed by atoms with Crippen molar-refractivity contribution < 1.29 is 17.9 Å². The van der Waals surface area contributed by atoms with E-state index in [9.17, 15) is 13.2 Å². The highest BCUT2D eigenvalue weighted by Gasteiger charge is 2.17. The Bertz CT molecular complexity index is 783. The largest absolute Gasteiger partial charge is 0.497 e. The van der Waals surface area contributed by atoms with Crippen LogP contribution in [0.1, 0.15) is 10.4 Å². The molecular formula is C16H20N2O4S2. The minimum Gasteiger partial charge on any atom is -0.497 e. The summed E-state index contributed by atoms with van der Waals surface area (Å²) in [5, 5.41) is 2.70. The fraction of sp³-hybridized carbons (Fsp3) is 0.312. The lowest BCUT2D eigenvalue weighted by Gasteiger charge is -2.07. The fourth-order valence-electron chi connectivity index (χ4n) is 1.99. The molecule has 2 rings (SSSR count). The van der Waals surface area contributed by atoms with Crippen molar-refractivity contribution >= 4 is 27.3 Å². The Labute approximate surface area is 145 Å². The Hall–Kier alpha value is -1.90. The standard InChI is InChI=1S/C16H20N2O4S2/c1-12-3-8-16(23-12)24(20,21)18-11-15(19)17-10-9-13-4-6-14(22-2)7-5-13/h3-8,18H,9-11H2,1-2H3,(H,17,19). The number of carbonyl (C=O) groups excluding carboxylic acids is 1. The number of nitrogens with one attached hydrogen (secondary N) is 2. The molecule has 24 heavy (non-hydrogen) atoms. The third-order valence-corrected chi connectivity index (χ3v) is 6.19. The summed E-state index contributed by atoms with van der Waals surface area (Å²) in [6.07, 6.45) is 0.659. The Morgan fingerprint density at radius 2 is 1.88 bits per heavy atom. The summed E-state index contributed by atoms with van der Waals surface area (Å²) in [4.78, 5) is 12.7. The fourth-order valence-corrected chi connectivity index (χ4v) is 4.30. The van der Waals surface area contributed by atoms with Crippen molar-refractivity contribution in [3.63, 3.8) is 0 Å². The van der Waals surface area contributed by atoms with E-state index < -0.39 is 10.0 Å². The van der Waals surface area contributed by atoms with Crippen LogP contribution in [0.4, 0.5) is 0 Å². The maximum Gasteiger partial charge on any atom is 0.250 e. The van der Waals surface area contributed by atoms with E-state index in [0.29, 0.717) is 13.0 Å². The van der Waals surface area contributed by atoms with E-state index in [4.69, 9.17) is 4.74 Å². The van der Waals surface area contributed by atoms with Gasteiger partial charge in [-0.05, 0) is 43.2 Å². The maximum atomic E-state index is 12.0. The number of amides is 1. The van der Waals surface area contributed by atoms with Crippen molar-refractivity contribution in [2.24, 2.45) is 0 Å². The zero-order valence-corrected chi connectivity index (χ0v) is 15.2. The summed E-state index contributed by atoms with van der Waals surface area (Å²) >= 11 is 1.17. The number of sulfonamides is 1. The molecule has 0 radical (unpaired) electrons. The van der Waals surface area contributed by atoms with Crippen LogP contribution >= 0.6 is 11.3 Å². The third kappa shape index (κ3) is 5.33. The molecule has 0 saturated heterocycles. The summed E-state index contributed by atoms with van der Waals surface area (Å²) in [7, 11) is -2.02. The first-order chi connectivity index (χ1) is 11.4. The smallest absolute Gasteiger partial charge is 0.250 e. The van der Waals surface area contributed by atoms with Crippen LogP contribution in [-0.4, -0.2) is 34.5 Å². The van der Waals surface area contributed by atoms with E-state index in [2.05, 4.69) is 10.0 Å². The van der Waals surface area contributed by atoms with E-state index in [0.717, 1.165) is 16.2 Å². The van der Waals surface area contributed by atoms with Crippen molar-refractivity contribution in [1.82, 2.24) is 10.0 Å². The first kappa shape index (κ1) is 18.4. The van der Waals surface area contributed by atoms with Crippen LogP contribution in [-0.2, 0) is 21.2 Å². The summed E-state index contributed by atoms with van der Waals surface area (Å²) in [5.41, 5.74) is 1.06. The van der Waals surface area contributed by atoms with Gasteiger partial charge in [0.1, 0.15) is 9.96 Å². The van der Waals surface area contributed by atoms with Crippen LogP contribution in [0.25, 0.3) is 0 Å². The van der Waals surface area contributed by atoms with Gasteiger partial charge in [0.2, 0.25) is 5.91 Å². The maximum absolute atomic E-state index is 12.0. The van der Waals surface area contributed by atoms with Gasteiger partial charge in [0.05, 0.1) is 13.7 Å². The molecule has 1 aromatic heterocycles. The number of benzene rings is 1. The molecule has 2 aromatic rings. The van der Waals surface area contributed by atoms with Crippen molar-refractivity contribution in [3.8, 4) is 5.75 Å². The van der Waals surface area contributed by atoms with Crippen LogP contribution in [0.2, 0.25) is 0 Å². The lowest BCUT2D eigenvalue weighted by molar-refractivity contribution is -0.119. The number of aryl methyl sites for hydroxylation is 1. The van der Waals surface area contributed by atoms with Gasteiger partial charge >= 0.3 is 0 Å². The molecule has 0 bridgehead atoms. The lowest BCUT2D eigenvalue weighted by atomic mass is 10.1. The Kier molecular flexibility index (Phi) is 6.36. The number of thiophene rings is 1. The van der Waals surface area contributed by atoms with Gasteiger partial charge in [0, 0.05) is 11.4 Å². The van der Waals surface area contributed by atoms with Crippen molar-refractivity contribution in [1.29, 1.82) is 0 Å². The highest BCUT2D eigenvalue weighted by atomic mass is 32.2. The monoisotopic (exact) mass is 368 g/mol. The predicted octanol–water partition coefficient (Wildman–Crippen LogP) is 1.70. The van der Waals surface area contributed by atoms with Gasteiger partial charge in [-0.2, -0.15) is 0 Å². The molecule has 6 nitrogen and oxygen atoms in total. The Morgan fingerprint density at radius 1 is 1.17 bits per heavy atom. The van der Waals surface area contributed by atoms with E-state index in [1.807, 2.05) is 31.2 Å². The lowest BCUT2D eigenvalue weighted by Crippen LogP contribution is -2.37. The van der Waals surface area contributed by atoms with Crippen molar-refractivity contribution in [3.05, 3.63) is 46.8 Å². The van der Waals surface area contributed by atoms with Crippen LogP contribution < -0.4 is 14.8 Å². The number of methoxy groups -OCH3 is 1. The molecule has 0 aliphatic rings. The average Bonchev–Trinajstić information content (AvgIpc) is 3.01. The molecule has 0 aliphatic carbocycles. The minimum absolute atomic E-state index is 0.214. The molecule has 0 spiro atoms. The first-order valence-corrected chi connectivity index (χ1v) is 9.66. The van der Waals surface area contributed by atoms with Gasteiger partial charge in [-0.25, -0.2) is 13.1 Å². The molecule has 2 N–H and O–H groups in total. The highest BCUT2D eigenvalue weighted by Crippen LogP contribution is 2.19. The summed E-state index contributed by atoms with van der Waals surface area (Å²) in [5.74, 6) is 0.418. The third-order valence-electron chi connectivity index (χ3n) is 3.30. The van der Waals surface area contributed by atoms with Gasteiger partial charge in [-0.1, -0.05) is 12.1 Å². The van der Waals surface area contributed by atoms with Gasteiger partial charge in [0.15, 0.2) is 0 Å². The predicted molar refractivity (Wildman–Crippen MR) is 94.0 cm³/mol. The second-order valence-electron chi connectivity index (χ2n) is 5.14. The SMILES string of the molecule is COc1ccc(CCNC(=O)CNS(=O)(=O)c2ccc(C)s2)cc1. The molecule has 1 aromatic carbocycles. The van der Waals surface area contributed by atoms with Crippen LogP contribution in [0, 0.1) is 6.92 Å². The molecule has 1 heterocycles. The number of ether oxygens (including phenoxy) is 1. The highest BCUT2D eigenvalue weighted by molar-refractivity contribution is 7.91. The summed E-state index contributed by atoms with van der Waals surface area (Å²) in [6.45, 7) is 1.99. The summed E-state index contributed by atoms with van der Waals surface area (Å²) in [6, 6.07) is 10.8. The molecule has 0 saturated carbocycles. The average molecular weight is 368 g/mol. The van der Waals surface area contributed by atoms with E-state index in [-0.39, 0.29) is 16.7 Å². The van der Waals surface area contributed by atoms with Crippen LogP contribution in [0.5, 0.6) is 5.75 Å². The van der Waals surface area contributed by atoms with Gasteiger partial charge in [0.25, 0.3) is 10.0 Å². The number of rotatable bonds is 8. The number of hydrogen-bond acceptors (Lipinski definition) is 5. The number of hydrogen-bond donors (Lipinski definition) is 2. The van der Waals surface area contributed by atoms with Gasteiger partial charge in [-0.3, -0.25) is 4.79 Å². The first-order valence-electron chi connectivity index (χ1n) is 7.36. The Morgan fingerprint density at radius 3 is 2.46 bits per heavy atom. The normalized spacial score (nSPS) is 11.2. The zero-order valence-electron chi connectivity index (χ0n) is 13.5. The second-order valence-corrected chi connectivity index (χ2v) is 8.42. The molecule has 0 atom stereocenters.